The van der Waals surface area contributed by atoms with Crippen LogP contribution in [0.1, 0.15) is 12.5 Å². The minimum atomic E-state index is -0.521. The van der Waals surface area contributed by atoms with E-state index in [-0.39, 0.29) is 5.56 Å². The molecule has 2 rings (SSSR count). The first-order valence-corrected chi connectivity index (χ1v) is 5.88. The molecule has 19 heavy (non-hydrogen) atoms. The van der Waals surface area contributed by atoms with Crippen molar-refractivity contribution in [3.8, 4) is 6.07 Å². The number of anilines is 3. The molecule has 2 N–H and O–H groups in total. The summed E-state index contributed by atoms with van der Waals surface area (Å²) in [6, 6.07) is 8.02. The lowest BCUT2D eigenvalue weighted by Crippen LogP contribution is -1.99. The van der Waals surface area contributed by atoms with Crippen molar-refractivity contribution in [1.82, 2.24) is 4.98 Å². The third kappa shape index (κ3) is 3.19. The number of aromatic nitrogens is 1. The van der Waals surface area contributed by atoms with Crippen LogP contribution in [0, 0.1) is 17.1 Å². The number of hydrogen-bond acceptors (Lipinski definition) is 4. The molecule has 2 aromatic rings. The van der Waals surface area contributed by atoms with Crippen LogP contribution >= 0.6 is 0 Å². The fourth-order valence-corrected chi connectivity index (χ4v) is 1.66. The molecule has 0 aliphatic heterocycles. The van der Waals surface area contributed by atoms with E-state index < -0.39 is 5.82 Å². The van der Waals surface area contributed by atoms with Crippen molar-refractivity contribution in [2.24, 2.45) is 0 Å². The number of nitrogens with one attached hydrogen (secondary N) is 2. The molecule has 96 valence electrons. The monoisotopic (exact) mass is 256 g/mol. The Morgan fingerprint density at radius 1 is 1.21 bits per heavy atom. The molecule has 0 bridgehead atoms. The van der Waals surface area contributed by atoms with Gasteiger partial charge in [-0.3, -0.25) is 4.98 Å². The fourth-order valence-electron chi connectivity index (χ4n) is 1.66. The van der Waals surface area contributed by atoms with E-state index in [0.717, 1.165) is 17.9 Å². The average Bonchev–Trinajstić information content (AvgIpc) is 2.42. The van der Waals surface area contributed by atoms with Crippen LogP contribution < -0.4 is 10.6 Å². The molecule has 1 heterocycles. The van der Waals surface area contributed by atoms with Crippen LogP contribution in [0.4, 0.5) is 21.5 Å². The van der Waals surface area contributed by atoms with Gasteiger partial charge in [-0.1, -0.05) is 0 Å². The highest BCUT2D eigenvalue weighted by molar-refractivity contribution is 5.64. The van der Waals surface area contributed by atoms with E-state index in [4.69, 9.17) is 5.26 Å². The van der Waals surface area contributed by atoms with Gasteiger partial charge in [-0.25, -0.2) is 4.39 Å². The molecular weight excluding hydrogens is 243 g/mol. The number of pyridine rings is 1. The van der Waals surface area contributed by atoms with Crippen LogP contribution in [0.3, 0.4) is 0 Å². The number of benzene rings is 1. The minimum Gasteiger partial charge on any atom is -0.384 e. The highest BCUT2D eigenvalue weighted by Gasteiger charge is 2.03. The Bertz CT molecular complexity index is 619. The zero-order valence-corrected chi connectivity index (χ0v) is 10.4. The van der Waals surface area contributed by atoms with E-state index in [1.54, 1.807) is 18.5 Å². The second-order valence-corrected chi connectivity index (χ2v) is 3.92. The van der Waals surface area contributed by atoms with Gasteiger partial charge in [0, 0.05) is 12.2 Å². The average molecular weight is 256 g/mol. The van der Waals surface area contributed by atoms with E-state index >= 15 is 0 Å². The van der Waals surface area contributed by atoms with Crippen molar-refractivity contribution in [1.29, 1.82) is 5.26 Å². The SMILES string of the molecule is CCNc1cncc(Nc2ccc(F)c(C#N)c2)c1. The van der Waals surface area contributed by atoms with Crippen molar-refractivity contribution in [3.05, 3.63) is 48.0 Å². The number of halogens is 1. The van der Waals surface area contributed by atoms with Gasteiger partial charge >= 0.3 is 0 Å². The molecule has 0 radical (unpaired) electrons. The number of nitrogens with zero attached hydrogens (tertiary/aromatic N) is 2. The standard InChI is InChI=1S/C14H13FN4/c1-2-18-12-6-13(9-17-8-12)19-11-3-4-14(15)10(5-11)7-16/h3-6,8-9,18-19H,2H2,1H3. The Balaban J connectivity index is 2.21. The van der Waals surface area contributed by atoms with Gasteiger partial charge in [0.25, 0.3) is 0 Å². The van der Waals surface area contributed by atoms with Crippen molar-refractivity contribution in [2.75, 3.05) is 17.2 Å². The van der Waals surface area contributed by atoms with Crippen molar-refractivity contribution in [2.45, 2.75) is 6.92 Å². The summed E-state index contributed by atoms with van der Waals surface area (Å²) in [6.45, 7) is 2.81. The Morgan fingerprint density at radius 2 is 2.00 bits per heavy atom. The summed E-state index contributed by atoms with van der Waals surface area (Å²) in [5.74, 6) is -0.521. The summed E-state index contributed by atoms with van der Waals surface area (Å²) in [6.07, 6.45) is 3.39. The highest BCUT2D eigenvalue weighted by Crippen LogP contribution is 2.20. The first kappa shape index (κ1) is 12.8. The van der Waals surface area contributed by atoms with Crippen molar-refractivity contribution in [3.63, 3.8) is 0 Å². The van der Waals surface area contributed by atoms with Crippen LogP contribution in [0.5, 0.6) is 0 Å². The molecular formula is C14H13FN4. The van der Waals surface area contributed by atoms with Gasteiger partial charge in [0.1, 0.15) is 11.9 Å². The topological polar surface area (TPSA) is 60.7 Å². The van der Waals surface area contributed by atoms with E-state index in [0.29, 0.717) is 5.69 Å². The molecule has 0 fully saturated rings. The van der Waals surface area contributed by atoms with Gasteiger partial charge in [-0.05, 0) is 31.2 Å². The van der Waals surface area contributed by atoms with E-state index in [9.17, 15) is 4.39 Å². The number of rotatable bonds is 4. The first-order chi connectivity index (χ1) is 9.22. The molecule has 1 aromatic carbocycles. The van der Waals surface area contributed by atoms with Crippen molar-refractivity contribution < 1.29 is 4.39 Å². The second kappa shape index (κ2) is 5.83. The lowest BCUT2D eigenvalue weighted by molar-refractivity contribution is 0.624. The molecule has 0 spiro atoms. The molecule has 0 saturated heterocycles. The first-order valence-electron chi connectivity index (χ1n) is 5.88. The molecule has 0 aliphatic carbocycles. The summed E-state index contributed by atoms with van der Waals surface area (Å²) >= 11 is 0. The Kier molecular flexibility index (Phi) is 3.94. The minimum absolute atomic E-state index is 0.0146. The van der Waals surface area contributed by atoms with Gasteiger partial charge in [-0.15, -0.1) is 0 Å². The van der Waals surface area contributed by atoms with Crippen LogP contribution in [-0.2, 0) is 0 Å². The summed E-state index contributed by atoms with van der Waals surface area (Å²) in [4.78, 5) is 4.10. The van der Waals surface area contributed by atoms with Gasteiger partial charge in [-0.2, -0.15) is 5.26 Å². The lowest BCUT2D eigenvalue weighted by Gasteiger charge is -2.09. The third-order valence-electron chi connectivity index (χ3n) is 2.49. The molecule has 0 amide bonds. The van der Waals surface area contributed by atoms with Crippen LogP contribution in [-0.4, -0.2) is 11.5 Å². The maximum atomic E-state index is 13.2. The Labute approximate surface area is 110 Å². The predicted molar refractivity (Wildman–Crippen MR) is 72.8 cm³/mol. The van der Waals surface area contributed by atoms with Crippen LogP contribution in [0.2, 0.25) is 0 Å². The molecule has 5 heteroatoms. The van der Waals surface area contributed by atoms with Gasteiger partial charge in [0.05, 0.1) is 29.3 Å². The molecule has 0 unspecified atom stereocenters. The second-order valence-electron chi connectivity index (χ2n) is 3.92. The zero-order valence-electron chi connectivity index (χ0n) is 10.4. The summed E-state index contributed by atoms with van der Waals surface area (Å²) in [7, 11) is 0. The van der Waals surface area contributed by atoms with E-state index in [1.165, 1.54) is 12.1 Å². The summed E-state index contributed by atoms with van der Waals surface area (Å²) in [5, 5.41) is 15.0. The molecule has 0 atom stereocenters. The third-order valence-corrected chi connectivity index (χ3v) is 2.49. The van der Waals surface area contributed by atoms with E-state index in [1.807, 2.05) is 19.1 Å². The summed E-state index contributed by atoms with van der Waals surface area (Å²) < 4.78 is 13.2. The molecule has 0 aliphatic rings. The molecule has 0 saturated carbocycles. The van der Waals surface area contributed by atoms with Gasteiger partial charge in [0.2, 0.25) is 0 Å². The normalized spacial score (nSPS) is 9.74. The molecule has 4 nitrogen and oxygen atoms in total. The number of hydrogen-bond donors (Lipinski definition) is 2. The van der Waals surface area contributed by atoms with Gasteiger partial charge in [0.15, 0.2) is 0 Å². The smallest absolute Gasteiger partial charge is 0.141 e. The maximum absolute atomic E-state index is 13.2. The highest BCUT2D eigenvalue weighted by atomic mass is 19.1. The maximum Gasteiger partial charge on any atom is 0.141 e. The van der Waals surface area contributed by atoms with Crippen molar-refractivity contribution >= 4 is 17.1 Å². The fraction of sp³-hybridized carbons (Fsp3) is 0.143. The summed E-state index contributed by atoms with van der Waals surface area (Å²) in [5.41, 5.74) is 2.33. The van der Waals surface area contributed by atoms with Crippen LogP contribution in [0.25, 0.3) is 0 Å². The Morgan fingerprint density at radius 3 is 2.74 bits per heavy atom. The molecule has 1 aromatic heterocycles. The Hall–Kier alpha value is -2.61. The van der Waals surface area contributed by atoms with E-state index in [2.05, 4.69) is 15.6 Å². The lowest BCUT2D eigenvalue weighted by atomic mass is 10.2. The van der Waals surface area contributed by atoms with Gasteiger partial charge < -0.3 is 10.6 Å². The number of nitriles is 1. The quantitative estimate of drug-likeness (QED) is 0.881. The largest absolute Gasteiger partial charge is 0.384 e. The zero-order chi connectivity index (χ0) is 13.7. The van der Waals surface area contributed by atoms with Crippen LogP contribution in [0.15, 0.2) is 36.7 Å². The predicted octanol–water partition coefficient (Wildman–Crippen LogP) is 3.27.